The number of hydrogen-bond donors (Lipinski definition) is 1. The van der Waals surface area contributed by atoms with Crippen LogP contribution in [-0.4, -0.2) is 24.1 Å². The Balaban J connectivity index is 2.29. The van der Waals surface area contributed by atoms with Gasteiger partial charge in [-0.1, -0.05) is 20.3 Å². The summed E-state index contributed by atoms with van der Waals surface area (Å²) in [5.74, 6) is 0.397. The SMILES string of the molecule is CCC(C)C(CC1CCCO1)OO. The lowest BCUT2D eigenvalue weighted by molar-refractivity contribution is -0.294. The van der Waals surface area contributed by atoms with Crippen LogP contribution in [0.1, 0.15) is 39.5 Å². The highest BCUT2D eigenvalue weighted by Crippen LogP contribution is 2.22. The first-order valence-electron chi connectivity index (χ1n) is 5.19. The van der Waals surface area contributed by atoms with Crippen molar-refractivity contribution < 1.29 is 14.9 Å². The maximum atomic E-state index is 8.73. The summed E-state index contributed by atoms with van der Waals surface area (Å²) in [6, 6.07) is 0. The Bertz CT molecular complexity index is 132. The Morgan fingerprint density at radius 3 is 2.85 bits per heavy atom. The first kappa shape index (κ1) is 11.0. The average molecular weight is 188 g/mol. The monoisotopic (exact) mass is 188 g/mol. The smallest absolute Gasteiger partial charge is 0.0977 e. The second-order valence-corrected chi connectivity index (χ2v) is 3.90. The van der Waals surface area contributed by atoms with Gasteiger partial charge in [0.2, 0.25) is 0 Å². The minimum absolute atomic E-state index is 0.0619. The molecule has 0 amide bonds. The van der Waals surface area contributed by atoms with E-state index in [1.54, 1.807) is 0 Å². The summed E-state index contributed by atoms with van der Waals surface area (Å²) in [5.41, 5.74) is 0. The van der Waals surface area contributed by atoms with Gasteiger partial charge in [0.1, 0.15) is 0 Å². The summed E-state index contributed by atoms with van der Waals surface area (Å²) in [6.45, 7) is 5.06. The summed E-state index contributed by atoms with van der Waals surface area (Å²) in [4.78, 5) is 4.48. The first-order valence-corrected chi connectivity index (χ1v) is 5.19. The van der Waals surface area contributed by atoms with Gasteiger partial charge < -0.3 is 4.74 Å². The maximum Gasteiger partial charge on any atom is 0.0977 e. The van der Waals surface area contributed by atoms with Crippen LogP contribution in [0.2, 0.25) is 0 Å². The van der Waals surface area contributed by atoms with Crippen LogP contribution < -0.4 is 0 Å². The van der Waals surface area contributed by atoms with E-state index in [9.17, 15) is 0 Å². The van der Waals surface area contributed by atoms with E-state index < -0.39 is 0 Å². The van der Waals surface area contributed by atoms with Crippen LogP contribution in [0.25, 0.3) is 0 Å². The van der Waals surface area contributed by atoms with Gasteiger partial charge in [-0.25, -0.2) is 4.89 Å². The molecule has 0 spiro atoms. The van der Waals surface area contributed by atoms with Crippen LogP contribution in [0.3, 0.4) is 0 Å². The summed E-state index contributed by atoms with van der Waals surface area (Å²) < 4.78 is 5.49. The fraction of sp³-hybridized carbons (Fsp3) is 1.00. The van der Waals surface area contributed by atoms with Crippen molar-refractivity contribution in [3.8, 4) is 0 Å². The van der Waals surface area contributed by atoms with Gasteiger partial charge in [0.25, 0.3) is 0 Å². The molecule has 0 bridgehead atoms. The van der Waals surface area contributed by atoms with Crippen molar-refractivity contribution >= 4 is 0 Å². The molecular formula is C10H20O3. The number of rotatable bonds is 5. The highest BCUT2D eigenvalue weighted by molar-refractivity contribution is 4.73. The zero-order valence-corrected chi connectivity index (χ0v) is 8.53. The van der Waals surface area contributed by atoms with Crippen LogP contribution in [0, 0.1) is 5.92 Å². The largest absolute Gasteiger partial charge is 0.378 e. The van der Waals surface area contributed by atoms with E-state index in [4.69, 9.17) is 9.99 Å². The molecular weight excluding hydrogens is 168 g/mol. The van der Waals surface area contributed by atoms with Crippen LogP contribution in [0.15, 0.2) is 0 Å². The van der Waals surface area contributed by atoms with Crippen molar-refractivity contribution in [2.75, 3.05) is 6.61 Å². The van der Waals surface area contributed by atoms with E-state index in [2.05, 4.69) is 18.7 Å². The summed E-state index contributed by atoms with van der Waals surface area (Å²) >= 11 is 0. The van der Waals surface area contributed by atoms with Gasteiger partial charge in [0, 0.05) is 13.0 Å². The zero-order valence-electron chi connectivity index (χ0n) is 8.53. The van der Waals surface area contributed by atoms with Gasteiger partial charge in [-0.05, 0) is 18.8 Å². The lowest BCUT2D eigenvalue weighted by Gasteiger charge is -2.22. The molecule has 3 nitrogen and oxygen atoms in total. The van der Waals surface area contributed by atoms with Crippen LogP contribution in [0.5, 0.6) is 0 Å². The highest BCUT2D eigenvalue weighted by Gasteiger charge is 2.24. The molecule has 1 rings (SSSR count). The van der Waals surface area contributed by atoms with Gasteiger partial charge in [-0.3, -0.25) is 5.26 Å². The van der Waals surface area contributed by atoms with Gasteiger partial charge in [-0.15, -0.1) is 0 Å². The molecule has 13 heavy (non-hydrogen) atoms. The molecule has 0 saturated carbocycles. The maximum absolute atomic E-state index is 8.73. The molecule has 0 radical (unpaired) electrons. The molecule has 0 aliphatic carbocycles. The third-order valence-electron chi connectivity index (χ3n) is 2.93. The fourth-order valence-electron chi connectivity index (χ4n) is 1.73. The van der Waals surface area contributed by atoms with Crippen molar-refractivity contribution in [1.29, 1.82) is 0 Å². The first-order chi connectivity index (χ1) is 6.27. The van der Waals surface area contributed by atoms with Crippen LogP contribution in [0.4, 0.5) is 0 Å². The molecule has 78 valence electrons. The van der Waals surface area contributed by atoms with Crippen LogP contribution >= 0.6 is 0 Å². The molecule has 3 unspecified atom stereocenters. The van der Waals surface area contributed by atoms with E-state index in [0.29, 0.717) is 12.0 Å². The highest BCUT2D eigenvalue weighted by atomic mass is 17.1. The molecule has 1 saturated heterocycles. The van der Waals surface area contributed by atoms with Crippen molar-refractivity contribution in [2.45, 2.75) is 51.7 Å². The minimum Gasteiger partial charge on any atom is -0.378 e. The van der Waals surface area contributed by atoms with E-state index in [1.807, 2.05) is 0 Å². The van der Waals surface area contributed by atoms with Gasteiger partial charge >= 0.3 is 0 Å². The predicted molar refractivity (Wildman–Crippen MR) is 50.5 cm³/mol. The summed E-state index contributed by atoms with van der Waals surface area (Å²) in [5, 5.41) is 8.73. The number of ether oxygens (including phenoxy) is 1. The van der Waals surface area contributed by atoms with Gasteiger partial charge in [-0.2, -0.15) is 0 Å². The van der Waals surface area contributed by atoms with E-state index in [0.717, 1.165) is 32.3 Å². The Kier molecular flexibility index (Phi) is 4.70. The van der Waals surface area contributed by atoms with Crippen molar-refractivity contribution in [1.82, 2.24) is 0 Å². The molecule has 0 aromatic rings. The second kappa shape index (κ2) is 5.58. The summed E-state index contributed by atoms with van der Waals surface area (Å²) in [7, 11) is 0. The minimum atomic E-state index is -0.0619. The lowest BCUT2D eigenvalue weighted by atomic mass is 9.96. The second-order valence-electron chi connectivity index (χ2n) is 3.90. The third-order valence-corrected chi connectivity index (χ3v) is 2.93. The molecule has 1 fully saturated rings. The van der Waals surface area contributed by atoms with Crippen molar-refractivity contribution in [3.05, 3.63) is 0 Å². The van der Waals surface area contributed by atoms with E-state index in [-0.39, 0.29) is 6.10 Å². The predicted octanol–water partition coefficient (Wildman–Crippen LogP) is 2.46. The normalized spacial score (nSPS) is 27.5. The topological polar surface area (TPSA) is 38.7 Å². The Labute approximate surface area is 80.0 Å². The van der Waals surface area contributed by atoms with Gasteiger partial charge in [0.05, 0.1) is 12.2 Å². The standard InChI is InChI=1S/C10H20O3/c1-3-8(2)10(13-11)7-9-5-4-6-12-9/h8-11H,3-7H2,1-2H3. The third kappa shape index (κ3) is 3.25. The van der Waals surface area contributed by atoms with Crippen LogP contribution in [-0.2, 0) is 9.62 Å². The molecule has 3 heteroatoms. The molecule has 1 N–H and O–H groups in total. The zero-order chi connectivity index (χ0) is 9.68. The summed E-state index contributed by atoms with van der Waals surface area (Å²) in [6.07, 6.45) is 4.34. The number of hydrogen-bond acceptors (Lipinski definition) is 3. The molecule has 1 aliphatic heterocycles. The molecule has 1 heterocycles. The average Bonchev–Trinajstić information content (AvgIpc) is 2.65. The van der Waals surface area contributed by atoms with Crippen molar-refractivity contribution in [3.63, 3.8) is 0 Å². The fourth-order valence-corrected chi connectivity index (χ4v) is 1.73. The molecule has 0 aromatic heterocycles. The van der Waals surface area contributed by atoms with Crippen molar-refractivity contribution in [2.24, 2.45) is 5.92 Å². The Morgan fingerprint density at radius 1 is 1.62 bits per heavy atom. The van der Waals surface area contributed by atoms with E-state index in [1.165, 1.54) is 0 Å². The quantitative estimate of drug-likeness (QED) is 0.532. The Morgan fingerprint density at radius 2 is 2.38 bits per heavy atom. The Hall–Kier alpha value is -0.120. The molecule has 1 aliphatic rings. The molecule has 0 aromatic carbocycles. The molecule has 3 atom stereocenters. The lowest BCUT2D eigenvalue weighted by Crippen LogP contribution is -2.25. The van der Waals surface area contributed by atoms with E-state index >= 15 is 0 Å². The van der Waals surface area contributed by atoms with Gasteiger partial charge in [0.15, 0.2) is 0 Å².